The Balaban J connectivity index is 2.31. The van der Waals surface area contributed by atoms with Crippen molar-refractivity contribution in [2.24, 2.45) is 5.92 Å². The van der Waals surface area contributed by atoms with Gasteiger partial charge in [-0.25, -0.2) is 0 Å². The molecular formula is C8H13NO3S. The molecule has 1 heterocycles. The number of carbonyl (C=O) groups excluding carboxylic acids is 2. The summed E-state index contributed by atoms with van der Waals surface area (Å²) in [6.07, 6.45) is 0.365. The zero-order valence-electron chi connectivity index (χ0n) is 7.70. The molecule has 74 valence electrons. The van der Waals surface area contributed by atoms with Gasteiger partial charge in [-0.2, -0.15) is 0 Å². The molecule has 4 nitrogen and oxygen atoms in total. The minimum Gasteiger partial charge on any atom is -0.441 e. The van der Waals surface area contributed by atoms with Crippen molar-refractivity contribution >= 4 is 23.6 Å². The third-order valence-electron chi connectivity index (χ3n) is 1.51. The van der Waals surface area contributed by atoms with E-state index in [9.17, 15) is 9.59 Å². The van der Waals surface area contributed by atoms with E-state index < -0.39 is 5.44 Å². The molecule has 1 amide bonds. The van der Waals surface area contributed by atoms with E-state index in [2.05, 4.69) is 5.32 Å². The lowest BCUT2D eigenvalue weighted by Crippen LogP contribution is -2.27. The van der Waals surface area contributed by atoms with Crippen LogP contribution < -0.4 is 5.32 Å². The molecule has 0 aromatic heterocycles. The second kappa shape index (κ2) is 4.50. The Morgan fingerprint density at radius 3 is 2.92 bits per heavy atom. The summed E-state index contributed by atoms with van der Waals surface area (Å²) in [6, 6.07) is 0. The molecule has 0 radical (unpaired) electrons. The van der Waals surface area contributed by atoms with Crippen LogP contribution in [0.5, 0.6) is 0 Å². The largest absolute Gasteiger partial charge is 0.441 e. The van der Waals surface area contributed by atoms with E-state index in [0.29, 0.717) is 12.3 Å². The lowest BCUT2D eigenvalue weighted by molar-refractivity contribution is -0.150. The standard InChI is InChI=1S/C8H13NO3S/c1-5(2)3-6(10)12-8-7(11)9-4-13-8/h5,8H,3-4H2,1-2H3,(H,9,11). The second-order valence-electron chi connectivity index (χ2n) is 3.27. The molecule has 0 spiro atoms. The van der Waals surface area contributed by atoms with Crippen LogP contribution in [0, 0.1) is 5.92 Å². The van der Waals surface area contributed by atoms with Crippen LogP contribution in [0.15, 0.2) is 0 Å². The van der Waals surface area contributed by atoms with Gasteiger partial charge in [0.1, 0.15) is 0 Å². The number of hydrogen-bond acceptors (Lipinski definition) is 4. The lowest BCUT2D eigenvalue weighted by atomic mass is 10.1. The van der Waals surface area contributed by atoms with Crippen LogP contribution in [-0.4, -0.2) is 23.2 Å². The Kier molecular flexibility index (Phi) is 3.59. The number of thioether (sulfide) groups is 1. The molecule has 0 bridgehead atoms. The van der Waals surface area contributed by atoms with Gasteiger partial charge in [-0.15, -0.1) is 0 Å². The molecule has 0 aromatic carbocycles. The van der Waals surface area contributed by atoms with Gasteiger partial charge < -0.3 is 10.1 Å². The van der Waals surface area contributed by atoms with Gasteiger partial charge in [0.15, 0.2) is 0 Å². The summed E-state index contributed by atoms with van der Waals surface area (Å²) in [5.41, 5.74) is -0.633. The first-order chi connectivity index (χ1) is 6.09. The van der Waals surface area contributed by atoms with Gasteiger partial charge in [0.2, 0.25) is 5.44 Å². The van der Waals surface area contributed by atoms with Crippen molar-refractivity contribution in [1.82, 2.24) is 5.32 Å². The topological polar surface area (TPSA) is 55.4 Å². The summed E-state index contributed by atoms with van der Waals surface area (Å²) in [4.78, 5) is 22.1. The first-order valence-electron chi connectivity index (χ1n) is 4.18. The van der Waals surface area contributed by atoms with E-state index in [4.69, 9.17) is 4.74 Å². The van der Waals surface area contributed by atoms with Crippen molar-refractivity contribution in [2.45, 2.75) is 25.7 Å². The van der Waals surface area contributed by atoms with Crippen molar-refractivity contribution in [1.29, 1.82) is 0 Å². The average molecular weight is 203 g/mol. The Labute approximate surface area is 81.4 Å². The predicted molar refractivity (Wildman–Crippen MR) is 49.9 cm³/mol. The minimum absolute atomic E-state index is 0.206. The zero-order valence-corrected chi connectivity index (χ0v) is 8.52. The van der Waals surface area contributed by atoms with E-state index in [1.165, 1.54) is 11.8 Å². The normalized spacial score (nSPS) is 21.8. The highest BCUT2D eigenvalue weighted by Crippen LogP contribution is 2.18. The van der Waals surface area contributed by atoms with Gasteiger partial charge in [0, 0.05) is 6.42 Å². The Morgan fingerprint density at radius 2 is 2.46 bits per heavy atom. The van der Waals surface area contributed by atoms with Crippen molar-refractivity contribution in [3.8, 4) is 0 Å². The van der Waals surface area contributed by atoms with E-state index in [-0.39, 0.29) is 17.8 Å². The molecule has 13 heavy (non-hydrogen) atoms. The van der Waals surface area contributed by atoms with Gasteiger partial charge in [-0.05, 0) is 5.92 Å². The van der Waals surface area contributed by atoms with Crippen LogP contribution in [0.2, 0.25) is 0 Å². The summed E-state index contributed by atoms with van der Waals surface area (Å²) in [7, 11) is 0. The first kappa shape index (κ1) is 10.4. The van der Waals surface area contributed by atoms with Gasteiger partial charge in [0.05, 0.1) is 5.88 Å². The zero-order chi connectivity index (χ0) is 9.84. The first-order valence-corrected chi connectivity index (χ1v) is 5.23. The monoisotopic (exact) mass is 203 g/mol. The Hall–Kier alpha value is -0.710. The summed E-state index contributed by atoms with van der Waals surface area (Å²) in [5.74, 6) is 0.284. The van der Waals surface area contributed by atoms with Gasteiger partial charge in [0.25, 0.3) is 5.91 Å². The van der Waals surface area contributed by atoms with E-state index >= 15 is 0 Å². The molecule has 1 saturated heterocycles. The molecule has 0 aliphatic carbocycles. The van der Waals surface area contributed by atoms with Crippen molar-refractivity contribution < 1.29 is 14.3 Å². The van der Waals surface area contributed by atoms with Crippen LogP contribution in [0.3, 0.4) is 0 Å². The molecule has 1 unspecified atom stereocenters. The highest BCUT2D eigenvalue weighted by atomic mass is 32.2. The minimum atomic E-state index is -0.633. The summed E-state index contributed by atoms with van der Waals surface area (Å²) in [5, 5.41) is 2.58. The van der Waals surface area contributed by atoms with E-state index in [1.807, 2.05) is 13.8 Å². The highest BCUT2D eigenvalue weighted by molar-refractivity contribution is 8.00. The Bertz CT molecular complexity index is 217. The molecule has 1 atom stereocenters. The number of ether oxygens (including phenoxy) is 1. The third-order valence-corrected chi connectivity index (χ3v) is 2.43. The molecule has 1 aliphatic heterocycles. The summed E-state index contributed by atoms with van der Waals surface area (Å²) >= 11 is 1.30. The number of amides is 1. The van der Waals surface area contributed by atoms with Gasteiger partial charge >= 0.3 is 5.97 Å². The Morgan fingerprint density at radius 1 is 1.77 bits per heavy atom. The number of nitrogens with one attached hydrogen (secondary N) is 1. The van der Waals surface area contributed by atoms with Crippen molar-refractivity contribution in [3.05, 3.63) is 0 Å². The number of rotatable bonds is 3. The van der Waals surface area contributed by atoms with Gasteiger partial charge in [-0.3, -0.25) is 9.59 Å². The average Bonchev–Trinajstić information content (AvgIpc) is 2.34. The van der Waals surface area contributed by atoms with Crippen LogP contribution in [0.4, 0.5) is 0 Å². The summed E-state index contributed by atoms with van der Waals surface area (Å²) < 4.78 is 4.95. The van der Waals surface area contributed by atoms with Crippen LogP contribution in [-0.2, 0) is 14.3 Å². The number of hydrogen-bond donors (Lipinski definition) is 1. The maximum absolute atomic E-state index is 11.1. The molecular weight excluding hydrogens is 190 g/mol. The molecule has 5 heteroatoms. The smallest absolute Gasteiger partial charge is 0.307 e. The summed E-state index contributed by atoms with van der Waals surface area (Å²) in [6.45, 7) is 3.87. The quantitative estimate of drug-likeness (QED) is 0.687. The number of carbonyl (C=O) groups is 2. The third kappa shape index (κ3) is 3.26. The maximum atomic E-state index is 11.1. The fourth-order valence-electron chi connectivity index (χ4n) is 0.936. The highest BCUT2D eigenvalue weighted by Gasteiger charge is 2.28. The SMILES string of the molecule is CC(C)CC(=O)OC1SCNC1=O. The molecule has 1 N–H and O–H groups in total. The van der Waals surface area contributed by atoms with E-state index in [1.54, 1.807) is 0 Å². The second-order valence-corrected chi connectivity index (χ2v) is 4.32. The molecule has 0 saturated carbocycles. The van der Waals surface area contributed by atoms with Crippen LogP contribution in [0.1, 0.15) is 20.3 Å². The lowest BCUT2D eigenvalue weighted by Gasteiger charge is -2.09. The van der Waals surface area contributed by atoms with Crippen LogP contribution >= 0.6 is 11.8 Å². The molecule has 1 aliphatic rings. The maximum Gasteiger partial charge on any atom is 0.307 e. The predicted octanol–water partition coefficient (Wildman–Crippen LogP) is 0.722. The van der Waals surface area contributed by atoms with Crippen molar-refractivity contribution in [2.75, 3.05) is 5.88 Å². The fraction of sp³-hybridized carbons (Fsp3) is 0.750. The molecule has 1 rings (SSSR count). The van der Waals surface area contributed by atoms with Crippen molar-refractivity contribution in [3.63, 3.8) is 0 Å². The number of esters is 1. The fourth-order valence-corrected chi connectivity index (χ4v) is 1.72. The van der Waals surface area contributed by atoms with E-state index in [0.717, 1.165) is 0 Å². The van der Waals surface area contributed by atoms with Crippen LogP contribution in [0.25, 0.3) is 0 Å². The van der Waals surface area contributed by atoms with Gasteiger partial charge in [-0.1, -0.05) is 25.6 Å². The molecule has 0 aromatic rings. The molecule has 1 fully saturated rings.